The second-order valence-electron chi connectivity index (χ2n) is 7.03. The highest BCUT2D eigenvalue weighted by molar-refractivity contribution is 7.14. The molecule has 3 rings (SSSR count). The number of carbonyl (C=O) groups excluding carboxylic acids is 2. The monoisotopic (exact) mass is 366 g/mol. The molecule has 0 radical (unpaired) electrons. The van der Waals surface area contributed by atoms with Crippen molar-refractivity contribution < 1.29 is 19.4 Å². The molecule has 1 aromatic heterocycles. The number of hydrogen-bond acceptors (Lipinski definition) is 5. The van der Waals surface area contributed by atoms with Gasteiger partial charge in [-0.1, -0.05) is 0 Å². The van der Waals surface area contributed by atoms with Crippen LogP contribution in [0.3, 0.4) is 0 Å². The predicted octanol–water partition coefficient (Wildman–Crippen LogP) is 1.73. The molecule has 25 heavy (non-hydrogen) atoms. The van der Waals surface area contributed by atoms with Gasteiger partial charge in [0.25, 0.3) is 5.91 Å². The van der Waals surface area contributed by atoms with E-state index in [0.29, 0.717) is 26.1 Å². The summed E-state index contributed by atoms with van der Waals surface area (Å²) in [6.07, 6.45) is 3.29. The summed E-state index contributed by atoms with van der Waals surface area (Å²) in [6, 6.07) is 3.83. The highest BCUT2D eigenvalue weighted by Gasteiger charge is 2.41. The zero-order chi connectivity index (χ0) is 17.9. The van der Waals surface area contributed by atoms with Crippen LogP contribution in [0.25, 0.3) is 0 Å². The standard InChI is InChI=1S/C18H26N2O4S/c1-24-12-14-2-3-15(25-14)17(23)19-8-6-18(7-9-19)5-4-16(22)20(13-18)10-11-21/h2-3,21H,4-13H2,1H3. The molecule has 0 unspecified atom stereocenters. The third kappa shape index (κ3) is 4.04. The first-order chi connectivity index (χ1) is 12.1. The van der Waals surface area contributed by atoms with E-state index in [-0.39, 0.29) is 23.8 Å². The van der Waals surface area contributed by atoms with Crippen LogP contribution in [0.2, 0.25) is 0 Å². The first kappa shape index (κ1) is 18.4. The maximum Gasteiger partial charge on any atom is 0.263 e. The molecule has 2 aliphatic rings. The fourth-order valence-electron chi connectivity index (χ4n) is 3.89. The van der Waals surface area contributed by atoms with Gasteiger partial charge in [-0.05, 0) is 36.8 Å². The van der Waals surface area contributed by atoms with E-state index in [1.165, 1.54) is 11.3 Å². The number of nitrogens with zero attached hydrogens (tertiary/aromatic N) is 2. The minimum atomic E-state index is 0.00855. The van der Waals surface area contributed by atoms with Crippen LogP contribution in [-0.4, -0.2) is 66.6 Å². The smallest absolute Gasteiger partial charge is 0.263 e. The minimum absolute atomic E-state index is 0.00855. The summed E-state index contributed by atoms with van der Waals surface area (Å²) < 4.78 is 5.12. The van der Waals surface area contributed by atoms with Crippen molar-refractivity contribution >= 4 is 23.2 Å². The maximum absolute atomic E-state index is 12.7. The molecule has 138 valence electrons. The molecule has 1 N–H and O–H groups in total. The van der Waals surface area contributed by atoms with E-state index in [0.717, 1.165) is 42.1 Å². The second kappa shape index (κ2) is 7.85. The lowest BCUT2D eigenvalue weighted by Crippen LogP contribution is -2.52. The number of β-amino-alcohol motifs (C(OH)–C–C–N with tert-alkyl or cyclic N) is 1. The van der Waals surface area contributed by atoms with E-state index in [9.17, 15) is 9.59 Å². The van der Waals surface area contributed by atoms with Gasteiger partial charge in [0, 0.05) is 44.6 Å². The van der Waals surface area contributed by atoms with Crippen LogP contribution in [-0.2, 0) is 16.1 Å². The van der Waals surface area contributed by atoms with Gasteiger partial charge < -0.3 is 19.6 Å². The average Bonchev–Trinajstić information content (AvgIpc) is 3.08. The van der Waals surface area contributed by atoms with Gasteiger partial charge in [0.2, 0.25) is 5.91 Å². The average molecular weight is 366 g/mol. The van der Waals surface area contributed by atoms with Crippen molar-refractivity contribution in [3.05, 3.63) is 21.9 Å². The van der Waals surface area contributed by atoms with Gasteiger partial charge in [-0.3, -0.25) is 9.59 Å². The molecule has 6 nitrogen and oxygen atoms in total. The number of piperidine rings is 2. The number of ether oxygens (including phenoxy) is 1. The first-order valence-electron chi connectivity index (χ1n) is 8.82. The molecule has 3 heterocycles. The van der Waals surface area contributed by atoms with E-state index in [4.69, 9.17) is 9.84 Å². The molecule has 0 atom stereocenters. The third-order valence-corrected chi connectivity index (χ3v) is 6.44. The minimum Gasteiger partial charge on any atom is -0.395 e. The SMILES string of the molecule is COCc1ccc(C(=O)N2CCC3(CCC(=O)N(CCO)C3)CC2)s1. The Morgan fingerprint density at radius 3 is 2.76 bits per heavy atom. The quantitative estimate of drug-likeness (QED) is 0.862. The molecular formula is C18H26N2O4S. The molecule has 0 bridgehead atoms. The van der Waals surface area contributed by atoms with E-state index < -0.39 is 0 Å². The van der Waals surface area contributed by atoms with Crippen molar-refractivity contribution in [1.82, 2.24) is 9.80 Å². The second-order valence-corrected chi connectivity index (χ2v) is 8.20. The van der Waals surface area contributed by atoms with Gasteiger partial charge in [-0.25, -0.2) is 0 Å². The lowest BCUT2D eigenvalue weighted by atomic mass is 9.72. The van der Waals surface area contributed by atoms with E-state index in [1.807, 2.05) is 17.0 Å². The number of rotatable bonds is 5. The van der Waals surface area contributed by atoms with Gasteiger partial charge in [0.05, 0.1) is 18.1 Å². The van der Waals surface area contributed by atoms with Crippen molar-refractivity contribution in [2.75, 3.05) is 39.9 Å². The molecule has 1 aromatic rings. The lowest BCUT2D eigenvalue weighted by molar-refractivity contribution is -0.139. The summed E-state index contributed by atoms with van der Waals surface area (Å²) >= 11 is 1.50. The number of thiophene rings is 1. The zero-order valence-electron chi connectivity index (χ0n) is 14.7. The highest BCUT2D eigenvalue weighted by atomic mass is 32.1. The van der Waals surface area contributed by atoms with Crippen LogP contribution in [0.4, 0.5) is 0 Å². The van der Waals surface area contributed by atoms with Crippen molar-refractivity contribution in [3.8, 4) is 0 Å². The zero-order valence-corrected chi connectivity index (χ0v) is 15.5. The van der Waals surface area contributed by atoms with Crippen LogP contribution in [0, 0.1) is 5.41 Å². The van der Waals surface area contributed by atoms with Crippen LogP contribution < -0.4 is 0 Å². The van der Waals surface area contributed by atoms with Crippen molar-refractivity contribution in [2.24, 2.45) is 5.41 Å². The van der Waals surface area contributed by atoms with Crippen LogP contribution in [0.1, 0.15) is 40.2 Å². The normalized spacial score (nSPS) is 20.3. The summed E-state index contributed by atoms with van der Waals surface area (Å²) in [5.74, 6) is 0.240. The Bertz CT molecular complexity index is 622. The Hall–Kier alpha value is -1.44. The lowest BCUT2D eigenvalue weighted by Gasteiger charge is -2.47. The number of aliphatic hydroxyl groups is 1. The van der Waals surface area contributed by atoms with Gasteiger partial charge >= 0.3 is 0 Å². The van der Waals surface area contributed by atoms with Crippen molar-refractivity contribution in [2.45, 2.75) is 32.3 Å². The molecule has 2 fully saturated rings. The Labute approximate surface area is 152 Å². The third-order valence-electron chi connectivity index (χ3n) is 5.39. The first-order valence-corrected chi connectivity index (χ1v) is 9.64. The molecule has 2 amide bonds. The fraction of sp³-hybridized carbons (Fsp3) is 0.667. The van der Waals surface area contributed by atoms with Crippen molar-refractivity contribution in [3.63, 3.8) is 0 Å². The van der Waals surface area contributed by atoms with Crippen LogP contribution in [0.5, 0.6) is 0 Å². The molecule has 7 heteroatoms. The Balaban J connectivity index is 1.59. The molecule has 0 aromatic carbocycles. The number of aliphatic hydroxyl groups excluding tert-OH is 1. The highest BCUT2D eigenvalue weighted by Crippen LogP contribution is 2.40. The maximum atomic E-state index is 12.7. The van der Waals surface area contributed by atoms with E-state index in [1.54, 1.807) is 12.0 Å². The number of hydrogen-bond donors (Lipinski definition) is 1. The summed E-state index contributed by atoms with van der Waals surface area (Å²) in [5, 5.41) is 9.15. The number of likely N-dealkylation sites (tertiary alicyclic amines) is 2. The topological polar surface area (TPSA) is 70.1 Å². The van der Waals surface area contributed by atoms with Crippen LogP contribution >= 0.6 is 11.3 Å². The van der Waals surface area contributed by atoms with E-state index in [2.05, 4.69) is 0 Å². The van der Waals surface area contributed by atoms with E-state index >= 15 is 0 Å². The summed E-state index contributed by atoms with van der Waals surface area (Å²) in [4.78, 5) is 30.2. The van der Waals surface area contributed by atoms with Gasteiger partial charge in [-0.2, -0.15) is 0 Å². The van der Waals surface area contributed by atoms with Gasteiger partial charge in [-0.15, -0.1) is 11.3 Å². The summed E-state index contributed by atoms with van der Waals surface area (Å²) in [5.41, 5.74) is 0.108. The summed E-state index contributed by atoms with van der Waals surface area (Å²) in [7, 11) is 1.65. The molecule has 2 aliphatic heterocycles. The number of amides is 2. The predicted molar refractivity (Wildman–Crippen MR) is 95.5 cm³/mol. The fourth-order valence-corrected chi connectivity index (χ4v) is 4.84. The van der Waals surface area contributed by atoms with Gasteiger partial charge in [0.15, 0.2) is 0 Å². The van der Waals surface area contributed by atoms with Crippen LogP contribution in [0.15, 0.2) is 12.1 Å². The number of carbonyl (C=O) groups is 2. The molecule has 2 saturated heterocycles. The molecule has 0 aliphatic carbocycles. The number of methoxy groups -OCH3 is 1. The summed E-state index contributed by atoms with van der Waals surface area (Å²) in [6.45, 7) is 3.14. The molecule has 0 saturated carbocycles. The molecular weight excluding hydrogens is 340 g/mol. The Kier molecular flexibility index (Phi) is 5.76. The van der Waals surface area contributed by atoms with Crippen molar-refractivity contribution in [1.29, 1.82) is 0 Å². The Morgan fingerprint density at radius 2 is 2.08 bits per heavy atom. The Morgan fingerprint density at radius 1 is 1.32 bits per heavy atom. The molecule has 1 spiro atoms. The largest absolute Gasteiger partial charge is 0.395 e. The van der Waals surface area contributed by atoms with Gasteiger partial charge in [0.1, 0.15) is 0 Å².